The number of hydrogen-bond acceptors (Lipinski definition) is 4. The summed E-state index contributed by atoms with van der Waals surface area (Å²) in [5.74, 6) is 1.35. The van der Waals surface area contributed by atoms with E-state index in [0.29, 0.717) is 30.2 Å². The van der Waals surface area contributed by atoms with Crippen LogP contribution in [0.25, 0.3) is 0 Å². The molecule has 0 aliphatic carbocycles. The van der Waals surface area contributed by atoms with Crippen LogP contribution in [0, 0.1) is 0 Å². The quantitative estimate of drug-likeness (QED) is 0.839. The molecule has 1 aliphatic rings. The molecule has 5 nitrogen and oxygen atoms in total. The maximum atomic E-state index is 12.6. The van der Waals surface area contributed by atoms with Gasteiger partial charge in [-0.25, -0.2) is 0 Å². The Kier molecular flexibility index (Phi) is 3.25. The molecule has 0 bridgehead atoms. The summed E-state index contributed by atoms with van der Waals surface area (Å²) < 4.78 is 10.6. The molecule has 5 heteroatoms. The van der Waals surface area contributed by atoms with Crippen molar-refractivity contribution in [3.63, 3.8) is 0 Å². The smallest absolute Gasteiger partial charge is 0.258 e. The molecule has 0 radical (unpaired) electrons. The molecule has 0 spiro atoms. The molecule has 1 aromatic carbocycles. The average Bonchev–Trinajstić information content (AvgIpc) is 2.54. The summed E-state index contributed by atoms with van der Waals surface area (Å²) in [4.78, 5) is 18.3. The predicted octanol–water partition coefficient (Wildman–Crippen LogP) is 2.13. The van der Waals surface area contributed by atoms with Gasteiger partial charge in [0.1, 0.15) is 23.8 Å². The molecule has 102 valence electrons. The monoisotopic (exact) mass is 270 g/mol. The number of carbonyl (C=O) groups excluding carboxylic acids is 1. The van der Waals surface area contributed by atoms with Gasteiger partial charge in [-0.3, -0.25) is 9.78 Å². The van der Waals surface area contributed by atoms with Gasteiger partial charge in [-0.15, -0.1) is 0 Å². The molecule has 2 heterocycles. The Morgan fingerprint density at radius 1 is 1.30 bits per heavy atom. The molecule has 0 fully saturated rings. The number of nitrogens with zero attached hydrogens (tertiary/aromatic N) is 2. The fourth-order valence-electron chi connectivity index (χ4n) is 2.17. The van der Waals surface area contributed by atoms with E-state index in [1.54, 1.807) is 54.7 Å². The first-order chi connectivity index (χ1) is 9.79. The molecule has 1 aliphatic heterocycles. The molecule has 0 atom stereocenters. The van der Waals surface area contributed by atoms with Gasteiger partial charge in [0.15, 0.2) is 0 Å². The van der Waals surface area contributed by atoms with Gasteiger partial charge in [0.25, 0.3) is 5.91 Å². The number of amides is 1. The molecular weight excluding hydrogens is 256 g/mol. The molecule has 0 N–H and O–H groups in total. The number of fused-ring (bicyclic) bond motifs is 1. The summed E-state index contributed by atoms with van der Waals surface area (Å²) in [6, 6.07) is 8.83. The minimum Gasteiger partial charge on any atom is -0.497 e. The first kappa shape index (κ1) is 12.5. The van der Waals surface area contributed by atoms with E-state index in [2.05, 4.69) is 4.98 Å². The van der Waals surface area contributed by atoms with E-state index in [4.69, 9.17) is 9.47 Å². The highest BCUT2D eigenvalue weighted by atomic mass is 16.5. The summed E-state index contributed by atoms with van der Waals surface area (Å²) in [7, 11) is 1.60. The fourth-order valence-corrected chi connectivity index (χ4v) is 2.17. The fraction of sp³-hybridized carbons (Fsp3) is 0.200. The largest absolute Gasteiger partial charge is 0.497 e. The first-order valence-electron chi connectivity index (χ1n) is 6.32. The number of benzene rings is 1. The van der Waals surface area contributed by atoms with Gasteiger partial charge in [-0.05, 0) is 24.3 Å². The lowest BCUT2D eigenvalue weighted by molar-refractivity contribution is 0.0976. The van der Waals surface area contributed by atoms with E-state index in [1.165, 1.54) is 0 Å². The highest BCUT2D eigenvalue weighted by molar-refractivity contribution is 6.07. The van der Waals surface area contributed by atoms with Crippen LogP contribution in [0.2, 0.25) is 0 Å². The van der Waals surface area contributed by atoms with Crippen LogP contribution in [-0.2, 0) is 0 Å². The van der Waals surface area contributed by atoms with Crippen molar-refractivity contribution in [1.82, 2.24) is 4.98 Å². The van der Waals surface area contributed by atoms with Crippen molar-refractivity contribution in [2.75, 3.05) is 25.2 Å². The van der Waals surface area contributed by atoms with E-state index < -0.39 is 0 Å². The van der Waals surface area contributed by atoms with Crippen LogP contribution in [0.15, 0.2) is 42.7 Å². The summed E-state index contributed by atoms with van der Waals surface area (Å²) in [5.41, 5.74) is 1.32. The van der Waals surface area contributed by atoms with Crippen molar-refractivity contribution in [2.24, 2.45) is 0 Å². The van der Waals surface area contributed by atoms with Crippen molar-refractivity contribution in [3.05, 3.63) is 48.3 Å². The lowest BCUT2D eigenvalue weighted by Crippen LogP contribution is -2.38. The summed E-state index contributed by atoms with van der Waals surface area (Å²) in [5, 5.41) is 0. The molecule has 3 rings (SSSR count). The number of carbonyl (C=O) groups is 1. The molecule has 1 amide bonds. The van der Waals surface area contributed by atoms with Crippen molar-refractivity contribution in [3.8, 4) is 11.5 Å². The molecule has 0 saturated heterocycles. The summed E-state index contributed by atoms with van der Waals surface area (Å²) in [6.07, 6.45) is 3.30. The molecular formula is C15H14N2O3. The van der Waals surface area contributed by atoms with E-state index >= 15 is 0 Å². The number of anilines is 1. The second-order valence-corrected chi connectivity index (χ2v) is 4.38. The van der Waals surface area contributed by atoms with Crippen LogP contribution >= 0.6 is 0 Å². The van der Waals surface area contributed by atoms with Crippen molar-refractivity contribution < 1.29 is 14.3 Å². The average molecular weight is 270 g/mol. The Balaban J connectivity index is 1.91. The second-order valence-electron chi connectivity index (χ2n) is 4.38. The standard InChI is InChI=1S/C15H14N2O3/c1-19-12-4-2-11(3-5-12)15(18)17-8-9-20-14-6-7-16-10-13(14)17/h2-7,10H,8-9H2,1H3. The normalized spacial score (nSPS) is 13.3. The minimum atomic E-state index is -0.0646. The highest BCUT2D eigenvalue weighted by Gasteiger charge is 2.24. The lowest BCUT2D eigenvalue weighted by atomic mass is 10.1. The van der Waals surface area contributed by atoms with Crippen molar-refractivity contribution in [2.45, 2.75) is 0 Å². The zero-order chi connectivity index (χ0) is 13.9. The third-order valence-corrected chi connectivity index (χ3v) is 3.21. The number of hydrogen-bond donors (Lipinski definition) is 0. The molecule has 1 aromatic heterocycles. The molecule has 20 heavy (non-hydrogen) atoms. The third-order valence-electron chi connectivity index (χ3n) is 3.21. The summed E-state index contributed by atoms with van der Waals surface area (Å²) >= 11 is 0. The Morgan fingerprint density at radius 3 is 2.85 bits per heavy atom. The van der Waals surface area contributed by atoms with E-state index in [1.807, 2.05) is 0 Å². The van der Waals surface area contributed by atoms with E-state index in [0.717, 1.165) is 5.75 Å². The van der Waals surface area contributed by atoms with Gasteiger partial charge in [0.2, 0.25) is 0 Å². The van der Waals surface area contributed by atoms with Gasteiger partial charge in [-0.1, -0.05) is 0 Å². The predicted molar refractivity (Wildman–Crippen MR) is 74.4 cm³/mol. The molecule has 2 aromatic rings. The lowest BCUT2D eigenvalue weighted by Gasteiger charge is -2.29. The number of rotatable bonds is 2. The zero-order valence-corrected chi connectivity index (χ0v) is 11.1. The van der Waals surface area contributed by atoms with Gasteiger partial charge in [-0.2, -0.15) is 0 Å². The van der Waals surface area contributed by atoms with Gasteiger partial charge >= 0.3 is 0 Å². The molecule has 0 saturated carbocycles. The van der Waals surface area contributed by atoms with Crippen LogP contribution < -0.4 is 14.4 Å². The third kappa shape index (κ3) is 2.18. The van der Waals surface area contributed by atoms with Crippen LogP contribution in [0.4, 0.5) is 5.69 Å². The number of pyridine rings is 1. The Hall–Kier alpha value is -2.56. The van der Waals surface area contributed by atoms with Crippen LogP contribution in [0.3, 0.4) is 0 Å². The van der Waals surface area contributed by atoms with Crippen molar-refractivity contribution in [1.29, 1.82) is 0 Å². The maximum absolute atomic E-state index is 12.6. The Morgan fingerprint density at radius 2 is 2.10 bits per heavy atom. The molecule has 0 unspecified atom stereocenters. The second kappa shape index (κ2) is 5.21. The van der Waals surface area contributed by atoms with Crippen LogP contribution in [-0.4, -0.2) is 31.2 Å². The Bertz CT molecular complexity index is 625. The van der Waals surface area contributed by atoms with E-state index in [9.17, 15) is 4.79 Å². The van der Waals surface area contributed by atoms with Crippen molar-refractivity contribution >= 4 is 11.6 Å². The number of methoxy groups -OCH3 is 1. The first-order valence-corrected chi connectivity index (χ1v) is 6.32. The summed E-state index contributed by atoms with van der Waals surface area (Å²) in [6.45, 7) is 1.00. The highest BCUT2D eigenvalue weighted by Crippen LogP contribution is 2.31. The van der Waals surface area contributed by atoms with Gasteiger partial charge < -0.3 is 14.4 Å². The van der Waals surface area contributed by atoms with Crippen LogP contribution in [0.5, 0.6) is 11.5 Å². The number of aromatic nitrogens is 1. The minimum absolute atomic E-state index is 0.0646. The van der Waals surface area contributed by atoms with Gasteiger partial charge in [0, 0.05) is 17.8 Å². The van der Waals surface area contributed by atoms with Gasteiger partial charge in [0.05, 0.1) is 19.9 Å². The topological polar surface area (TPSA) is 51.7 Å². The number of ether oxygens (including phenoxy) is 2. The van der Waals surface area contributed by atoms with Crippen LogP contribution in [0.1, 0.15) is 10.4 Å². The maximum Gasteiger partial charge on any atom is 0.258 e. The zero-order valence-electron chi connectivity index (χ0n) is 11.1. The SMILES string of the molecule is COc1ccc(C(=O)N2CCOc3ccncc32)cc1. The van der Waals surface area contributed by atoms with E-state index in [-0.39, 0.29) is 5.91 Å². The Labute approximate surface area is 116 Å².